The fourth-order valence-corrected chi connectivity index (χ4v) is 2.26. The first kappa shape index (κ1) is 8.49. The minimum absolute atomic E-state index is 0.282. The van der Waals surface area contributed by atoms with E-state index in [0.717, 1.165) is 16.2 Å². The van der Waals surface area contributed by atoms with Crippen molar-refractivity contribution in [3.63, 3.8) is 0 Å². The number of aromatic hydroxyl groups is 1. The zero-order chi connectivity index (χ0) is 10.3. The second kappa shape index (κ2) is 3.10. The van der Waals surface area contributed by atoms with Crippen molar-refractivity contribution in [2.75, 3.05) is 0 Å². The molecule has 0 spiro atoms. The number of phenols is 1. The number of rotatable bonds is 1. The summed E-state index contributed by atoms with van der Waals surface area (Å²) in [4.78, 5) is 5.28. The molecule has 2 heterocycles. The van der Waals surface area contributed by atoms with Gasteiger partial charge in [0.05, 0.1) is 11.9 Å². The molecule has 0 aliphatic heterocycles. The van der Waals surface area contributed by atoms with Crippen LogP contribution in [0.1, 0.15) is 0 Å². The standard InChI is InChI=1S/C11H8N2OS/c14-9-3-1-8(2-4-9)10-7-12-11-13(10)5-6-15-11/h1-7,14H. The van der Waals surface area contributed by atoms with Gasteiger partial charge in [0.2, 0.25) is 0 Å². The van der Waals surface area contributed by atoms with Crippen LogP contribution in [0, 0.1) is 0 Å². The van der Waals surface area contributed by atoms with Gasteiger partial charge < -0.3 is 5.11 Å². The Balaban J connectivity index is 2.21. The van der Waals surface area contributed by atoms with Crippen molar-refractivity contribution in [3.8, 4) is 17.0 Å². The minimum Gasteiger partial charge on any atom is -0.508 e. The maximum absolute atomic E-state index is 9.21. The normalized spacial score (nSPS) is 10.9. The van der Waals surface area contributed by atoms with E-state index in [1.807, 2.05) is 34.3 Å². The number of hydrogen-bond donors (Lipinski definition) is 1. The van der Waals surface area contributed by atoms with E-state index in [9.17, 15) is 5.11 Å². The van der Waals surface area contributed by atoms with Gasteiger partial charge in [0.25, 0.3) is 0 Å². The molecule has 3 aromatic rings. The third-order valence-corrected chi connectivity index (χ3v) is 3.08. The first-order valence-electron chi connectivity index (χ1n) is 4.54. The van der Waals surface area contributed by atoms with Gasteiger partial charge >= 0.3 is 0 Å². The molecule has 2 aromatic heterocycles. The maximum Gasteiger partial charge on any atom is 0.194 e. The number of benzene rings is 1. The van der Waals surface area contributed by atoms with Crippen LogP contribution >= 0.6 is 11.3 Å². The molecule has 0 amide bonds. The lowest BCUT2D eigenvalue weighted by Gasteiger charge is -1.99. The van der Waals surface area contributed by atoms with Crippen LogP contribution in [0.4, 0.5) is 0 Å². The molecule has 0 saturated heterocycles. The smallest absolute Gasteiger partial charge is 0.194 e. The molecular weight excluding hydrogens is 208 g/mol. The Labute approximate surface area is 90.3 Å². The van der Waals surface area contributed by atoms with Gasteiger partial charge in [-0.25, -0.2) is 4.98 Å². The summed E-state index contributed by atoms with van der Waals surface area (Å²) in [5.41, 5.74) is 2.10. The van der Waals surface area contributed by atoms with Crippen LogP contribution in [0.25, 0.3) is 16.2 Å². The number of nitrogens with zero attached hydrogens (tertiary/aromatic N) is 2. The number of thiazole rings is 1. The summed E-state index contributed by atoms with van der Waals surface area (Å²) in [6.45, 7) is 0. The summed E-state index contributed by atoms with van der Waals surface area (Å²) in [5.74, 6) is 0.282. The van der Waals surface area contributed by atoms with E-state index in [2.05, 4.69) is 4.98 Å². The van der Waals surface area contributed by atoms with Crippen LogP contribution in [0.3, 0.4) is 0 Å². The third-order valence-electron chi connectivity index (χ3n) is 2.31. The van der Waals surface area contributed by atoms with Crippen molar-refractivity contribution < 1.29 is 5.11 Å². The average molecular weight is 216 g/mol. The topological polar surface area (TPSA) is 37.5 Å². The molecule has 0 fully saturated rings. The molecule has 1 N–H and O–H groups in total. The van der Waals surface area contributed by atoms with E-state index in [-0.39, 0.29) is 5.75 Å². The zero-order valence-corrected chi connectivity index (χ0v) is 8.61. The summed E-state index contributed by atoms with van der Waals surface area (Å²) in [6.07, 6.45) is 3.84. The van der Waals surface area contributed by atoms with Crippen LogP contribution < -0.4 is 0 Å². The predicted octanol–water partition coefficient (Wildman–Crippen LogP) is 2.77. The van der Waals surface area contributed by atoms with Gasteiger partial charge in [-0.15, -0.1) is 11.3 Å². The molecule has 3 nitrogen and oxygen atoms in total. The maximum atomic E-state index is 9.21. The molecule has 0 unspecified atom stereocenters. The lowest BCUT2D eigenvalue weighted by molar-refractivity contribution is 0.475. The zero-order valence-electron chi connectivity index (χ0n) is 7.79. The number of fused-ring (bicyclic) bond motifs is 1. The average Bonchev–Trinajstić information content (AvgIpc) is 2.80. The van der Waals surface area contributed by atoms with Gasteiger partial charge in [-0.05, 0) is 24.3 Å². The number of aromatic nitrogens is 2. The van der Waals surface area contributed by atoms with Crippen molar-refractivity contribution in [1.82, 2.24) is 9.38 Å². The molecule has 0 radical (unpaired) electrons. The first-order chi connectivity index (χ1) is 7.34. The van der Waals surface area contributed by atoms with E-state index in [1.54, 1.807) is 23.5 Å². The third kappa shape index (κ3) is 1.30. The van der Waals surface area contributed by atoms with Gasteiger partial charge in [0.15, 0.2) is 4.96 Å². The highest BCUT2D eigenvalue weighted by Crippen LogP contribution is 2.24. The minimum atomic E-state index is 0.282. The molecule has 0 aliphatic carbocycles. The first-order valence-corrected chi connectivity index (χ1v) is 5.42. The molecule has 0 saturated carbocycles. The molecule has 0 bridgehead atoms. The summed E-state index contributed by atoms with van der Waals surface area (Å²) >= 11 is 1.61. The molecule has 15 heavy (non-hydrogen) atoms. The van der Waals surface area contributed by atoms with Crippen LogP contribution in [0.15, 0.2) is 42.0 Å². The molecule has 1 aromatic carbocycles. The van der Waals surface area contributed by atoms with Crippen molar-refractivity contribution in [2.45, 2.75) is 0 Å². The van der Waals surface area contributed by atoms with Gasteiger partial charge in [-0.2, -0.15) is 0 Å². The van der Waals surface area contributed by atoms with E-state index < -0.39 is 0 Å². The highest BCUT2D eigenvalue weighted by Gasteiger charge is 2.05. The molecule has 74 valence electrons. The number of hydrogen-bond acceptors (Lipinski definition) is 3. The highest BCUT2D eigenvalue weighted by molar-refractivity contribution is 7.15. The summed E-state index contributed by atoms with van der Waals surface area (Å²) in [7, 11) is 0. The van der Waals surface area contributed by atoms with E-state index >= 15 is 0 Å². The van der Waals surface area contributed by atoms with E-state index in [1.165, 1.54) is 0 Å². The second-order valence-corrected chi connectivity index (χ2v) is 4.12. The van der Waals surface area contributed by atoms with Crippen molar-refractivity contribution in [1.29, 1.82) is 0 Å². The fourth-order valence-electron chi connectivity index (χ4n) is 1.57. The Hall–Kier alpha value is -1.81. The molecule has 4 heteroatoms. The van der Waals surface area contributed by atoms with Crippen LogP contribution in [0.5, 0.6) is 5.75 Å². The Kier molecular flexibility index (Phi) is 1.76. The Morgan fingerprint density at radius 2 is 2.00 bits per heavy atom. The SMILES string of the molecule is Oc1ccc(-c2cnc3sccn23)cc1. The lowest BCUT2D eigenvalue weighted by atomic mass is 10.1. The highest BCUT2D eigenvalue weighted by atomic mass is 32.1. The van der Waals surface area contributed by atoms with Crippen LogP contribution in [-0.4, -0.2) is 14.5 Å². The summed E-state index contributed by atoms with van der Waals surface area (Å²) in [6, 6.07) is 7.13. The molecular formula is C11H8N2OS. The van der Waals surface area contributed by atoms with Gasteiger partial charge in [-0.1, -0.05) is 0 Å². The van der Waals surface area contributed by atoms with Gasteiger partial charge in [-0.3, -0.25) is 4.40 Å². The predicted molar refractivity (Wildman–Crippen MR) is 60.2 cm³/mol. The molecule has 0 aliphatic rings. The van der Waals surface area contributed by atoms with Crippen molar-refractivity contribution in [2.24, 2.45) is 0 Å². The Morgan fingerprint density at radius 3 is 2.80 bits per heavy atom. The largest absolute Gasteiger partial charge is 0.508 e. The van der Waals surface area contributed by atoms with E-state index in [4.69, 9.17) is 0 Å². The van der Waals surface area contributed by atoms with Gasteiger partial charge in [0, 0.05) is 17.1 Å². The van der Waals surface area contributed by atoms with Crippen molar-refractivity contribution in [3.05, 3.63) is 42.0 Å². The monoisotopic (exact) mass is 216 g/mol. The Morgan fingerprint density at radius 1 is 1.20 bits per heavy atom. The quantitative estimate of drug-likeness (QED) is 0.679. The lowest BCUT2D eigenvalue weighted by Crippen LogP contribution is -1.82. The fraction of sp³-hybridized carbons (Fsp3) is 0. The summed E-state index contributed by atoms with van der Waals surface area (Å²) < 4.78 is 2.04. The molecule has 3 rings (SSSR count). The van der Waals surface area contributed by atoms with Crippen LogP contribution in [0.2, 0.25) is 0 Å². The second-order valence-electron chi connectivity index (χ2n) is 3.25. The number of imidazole rings is 1. The Bertz CT molecular complexity index is 594. The van der Waals surface area contributed by atoms with Crippen molar-refractivity contribution >= 4 is 16.3 Å². The van der Waals surface area contributed by atoms with Gasteiger partial charge in [0.1, 0.15) is 5.75 Å². The van der Waals surface area contributed by atoms with Crippen LogP contribution in [-0.2, 0) is 0 Å². The summed E-state index contributed by atoms with van der Waals surface area (Å²) in [5, 5.41) is 11.2. The molecule has 0 atom stereocenters. The number of phenolic OH excluding ortho intramolecular Hbond substituents is 1. The van der Waals surface area contributed by atoms with E-state index in [0.29, 0.717) is 0 Å².